The van der Waals surface area contributed by atoms with Crippen molar-refractivity contribution in [2.45, 2.75) is 13.0 Å². The second kappa shape index (κ2) is 7.77. The van der Waals surface area contributed by atoms with Gasteiger partial charge in [-0.15, -0.1) is 0 Å². The molecule has 0 fully saturated rings. The number of hydrogen-bond donors (Lipinski definition) is 2. The van der Waals surface area contributed by atoms with Gasteiger partial charge >= 0.3 is 0 Å². The molecule has 4 nitrogen and oxygen atoms in total. The molecular weight excluding hydrogens is 318 g/mol. The standard InChI is InChI=1S/C15H16BrN3O/c16-13-5-1-2-6-14(13)19-15(20)7-9-18-11-12-4-3-8-17-10-12/h1-6,8,10,18H,7,9,11H2,(H,19,20). The highest BCUT2D eigenvalue weighted by molar-refractivity contribution is 9.10. The maximum atomic E-state index is 11.8. The van der Waals surface area contributed by atoms with E-state index in [1.165, 1.54) is 0 Å². The summed E-state index contributed by atoms with van der Waals surface area (Å²) in [6.07, 6.45) is 3.99. The van der Waals surface area contributed by atoms with Gasteiger partial charge in [0.1, 0.15) is 0 Å². The summed E-state index contributed by atoms with van der Waals surface area (Å²) in [6, 6.07) is 11.5. The molecule has 2 N–H and O–H groups in total. The Labute approximate surface area is 126 Å². The third-order valence-electron chi connectivity index (χ3n) is 2.73. The first-order valence-electron chi connectivity index (χ1n) is 6.40. The molecule has 2 rings (SSSR count). The molecule has 0 aliphatic rings. The summed E-state index contributed by atoms with van der Waals surface area (Å²) in [4.78, 5) is 15.8. The van der Waals surface area contributed by atoms with E-state index in [4.69, 9.17) is 0 Å². The molecule has 0 bridgehead atoms. The number of amides is 1. The van der Waals surface area contributed by atoms with Gasteiger partial charge in [-0.3, -0.25) is 9.78 Å². The van der Waals surface area contributed by atoms with Gasteiger partial charge in [0.2, 0.25) is 5.91 Å². The highest BCUT2D eigenvalue weighted by atomic mass is 79.9. The van der Waals surface area contributed by atoms with Crippen molar-refractivity contribution < 1.29 is 4.79 Å². The summed E-state index contributed by atoms with van der Waals surface area (Å²) in [5.41, 5.74) is 1.91. The van der Waals surface area contributed by atoms with Gasteiger partial charge in [-0.25, -0.2) is 0 Å². The summed E-state index contributed by atoms with van der Waals surface area (Å²) in [6.45, 7) is 1.35. The number of anilines is 1. The SMILES string of the molecule is O=C(CCNCc1cccnc1)Nc1ccccc1Br. The zero-order chi connectivity index (χ0) is 14.2. The monoisotopic (exact) mass is 333 g/mol. The Morgan fingerprint density at radius 3 is 2.80 bits per heavy atom. The van der Waals surface area contributed by atoms with Crippen molar-refractivity contribution in [3.63, 3.8) is 0 Å². The fraction of sp³-hybridized carbons (Fsp3) is 0.200. The number of para-hydroxylation sites is 1. The number of aromatic nitrogens is 1. The maximum absolute atomic E-state index is 11.8. The largest absolute Gasteiger partial charge is 0.325 e. The molecule has 0 aliphatic carbocycles. The second-order valence-corrected chi connectivity index (χ2v) is 5.17. The van der Waals surface area contributed by atoms with E-state index in [9.17, 15) is 4.79 Å². The summed E-state index contributed by atoms with van der Waals surface area (Å²) in [5.74, 6) is -0.00409. The number of nitrogens with zero attached hydrogens (tertiary/aromatic N) is 1. The first-order chi connectivity index (χ1) is 9.75. The van der Waals surface area contributed by atoms with Gasteiger partial charge in [-0.05, 0) is 39.7 Å². The smallest absolute Gasteiger partial charge is 0.225 e. The van der Waals surface area contributed by atoms with Crippen LogP contribution in [0.3, 0.4) is 0 Å². The molecule has 0 radical (unpaired) electrons. The number of halogens is 1. The predicted octanol–water partition coefficient (Wildman–Crippen LogP) is 2.96. The van der Waals surface area contributed by atoms with E-state index >= 15 is 0 Å². The highest BCUT2D eigenvalue weighted by Crippen LogP contribution is 2.21. The van der Waals surface area contributed by atoms with Gasteiger partial charge in [0.25, 0.3) is 0 Å². The quantitative estimate of drug-likeness (QED) is 0.799. The number of carbonyl (C=O) groups is 1. The minimum absolute atomic E-state index is 0.00409. The molecule has 5 heteroatoms. The number of nitrogens with one attached hydrogen (secondary N) is 2. The van der Waals surface area contributed by atoms with Gasteiger partial charge in [0.15, 0.2) is 0 Å². The van der Waals surface area contributed by atoms with E-state index in [-0.39, 0.29) is 5.91 Å². The van der Waals surface area contributed by atoms with Crippen LogP contribution in [0.2, 0.25) is 0 Å². The minimum atomic E-state index is -0.00409. The Bertz CT molecular complexity index is 560. The third-order valence-corrected chi connectivity index (χ3v) is 3.42. The molecule has 2 aromatic rings. The van der Waals surface area contributed by atoms with Crippen molar-refractivity contribution in [3.8, 4) is 0 Å². The average Bonchev–Trinajstić information content (AvgIpc) is 2.47. The molecule has 1 aromatic carbocycles. The average molecular weight is 334 g/mol. The molecule has 104 valence electrons. The molecule has 0 aliphatic heterocycles. The van der Waals surface area contributed by atoms with E-state index in [2.05, 4.69) is 31.5 Å². The zero-order valence-corrected chi connectivity index (χ0v) is 12.6. The lowest BCUT2D eigenvalue weighted by molar-refractivity contribution is -0.116. The van der Waals surface area contributed by atoms with Crippen LogP contribution in [0.1, 0.15) is 12.0 Å². The number of rotatable bonds is 6. The number of benzene rings is 1. The van der Waals surface area contributed by atoms with Crippen LogP contribution in [0.4, 0.5) is 5.69 Å². The normalized spacial score (nSPS) is 10.2. The Morgan fingerprint density at radius 2 is 2.05 bits per heavy atom. The van der Waals surface area contributed by atoms with Gasteiger partial charge in [-0.1, -0.05) is 18.2 Å². The Morgan fingerprint density at radius 1 is 1.20 bits per heavy atom. The topological polar surface area (TPSA) is 54.0 Å². The number of hydrogen-bond acceptors (Lipinski definition) is 3. The number of pyridine rings is 1. The molecule has 0 saturated heterocycles. The van der Waals surface area contributed by atoms with Crippen molar-refractivity contribution in [2.24, 2.45) is 0 Å². The van der Waals surface area contributed by atoms with E-state index in [0.717, 1.165) is 22.3 Å². The lowest BCUT2D eigenvalue weighted by Crippen LogP contribution is -2.21. The Kier molecular flexibility index (Phi) is 5.70. The first-order valence-corrected chi connectivity index (χ1v) is 7.19. The van der Waals surface area contributed by atoms with E-state index in [1.807, 2.05) is 42.6 Å². The van der Waals surface area contributed by atoms with Crippen LogP contribution in [-0.4, -0.2) is 17.4 Å². The minimum Gasteiger partial charge on any atom is -0.325 e. The summed E-state index contributed by atoms with van der Waals surface area (Å²) in [7, 11) is 0. The van der Waals surface area contributed by atoms with Crippen LogP contribution in [0.5, 0.6) is 0 Å². The zero-order valence-electron chi connectivity index (χ0n) is 11.0. The van der Waals surface area contributed by atoms with Gasteiger partial charge < -0.3 is 10.6 Å². The lowest BCUT2D eigenvalue weighted by Gasteiger charge is -2.08. The van der Waals surface area contributed by atoms with Gasteiger partial charge in [0, 0.05) is 36.4 Å². The number of carbonyl (C=O) groups excluding carboxylic acids is 1. The van der Waals surface area contributed by atoms with Crippen molar-refractivity contribution in [1.82, 2.24) is 10.3 Å². The van der Waals surface area contributed by atoms with Crippen LogP contribution in [0.15, 0.2) is 53.3 Å². The van der Waals surface area contributed by atoms with Gasteiger partial charge in [-0.2, -0.15) is 0 Å². The molecule has 0 saturated carbocycles. The van der Waals surface area contributed by atoms with Crippen LogP contribution >= 0.6 is 15.9 Å². The fourth-order valence-electron chi connectivity index (χ4n) is 1.71. The molecule has 0 atom stereocenters. The first kappa shape index (κ1) is 14.7. The molecule has 1 heterocycles. The Hall–Kier alpha value is -1.72. The van der Waals surface area contributed by atoms with Crippen LogP contribution in [0.25, 0.3) is 0 Å². The maximum Gasteiger partial charge on any atom is 0.225 e. The molecule has 0 unspecified atom stereocenters. The molecular formula is C15H16BrN3O. The lowest BCUT2D eigenvalue weighted by atomic mass is 10.3. The highest BCUT2D eigenvalue weighted by Gasteiger charge is 2.04. The summed E-state index contributed by atoms with van der Waals surface area (Å²) < 4.78 is 0.886. The van der Waals surface area contributed by atoms with Gasteiger partial charge in [0.05, 0.1) is 5.69 Å². The molecule has 1 amide bonds. The van der Waals surface area contributed by atoms with E-state index < -0.39 is 0 Å². The Balaban J connectivity index is 1.69. The molecule has 20 heavy (non-hydrogen) atoms. The molecule has 1 aromatic heterocycles. The van der Waals surface area contributed by atoms with E-state index in [1.54, 1.807) is 6.20 Å². The summed E-state index contributed by atoms with van der Waals surface area (Å²) >= 11 is 3.40. The van der Waals surface area contributed by atoms with Crippen LogP contribution < -0.4 is 10.6 Å². The predicted molar refractivity (Wildman–Crippen MR) is 83.3 cm³/mol. The third kappa shape index (κ3) is 4.75. The van der Waals surface area contributed by atoms with Crippen molar-refractivity contribution in [3.05, 3.63) is 58.8 Å². The van der Waals surface area contributed by atoms with Crippen molar-refractivity contribution in [2.75, 3.05) is 11.9 Å². The molecule has 0 spiro atoms. The van der Waals surface area contributed by atoms with Crippen LogP contribution in [-0.2, 0) is 11.3 Å². The second-order valence-electron chi connectivity index (χ2n) is 4.32. The fourth-order valence-corrected chi connectivity index (χ4v) is 2.10. The summed E-state index contributed by atoms with van der Waals surface area (Å²) in [5, 5.41) is 6.09. The van der Waals surface area contributed by atoms with Crippen molar-refractivity contribution >= 4 is 27.5 Å². The van der Waals surface area contributed by atoms with E-state index in [0.29, 0.717) is 13.0 Å². The van der Waals surface area contributed by atoms with Crippen molar-refractivity contribution in [1.29, 1.82) is 0 Å². The van der Waals surface area contributed by atoms with Crippen LogP contribution in [0, 0.1) is 0 Å².